The fraction of sp³-hybridized carbons (Fsp3) is 0.688. The molecule has 0 aliphatic rings. The van der Waals surface area contributed by atoms with Crippen LogP contribution >= 0.6 is 0 Å². The standard InChI is InChI=1S/C16H28N2/c1-5-7-8-14(6-2)11-16(17)15-10-9-12(3)18-13(15)4/h9-10,14,16H,5-8,11,17H2,1-4H3. The quantitative estimate of drug-likeness (QED) is 0.781. The molecular weight excluding hydrogens is 220 g/mol. The lowest BCUT2D eigenvalue weighted by Crippen LogP contribution is -2.17. The first-order valence-electron chi connectivity index (χ1n) is 7.28. The van der Waals surface area contributed by atoms with Crippen molar-refractivity contribution in [2.75, 3.05) is 0 Å². The van der Waals surface area contributed by atoms with Gasteiger partial charge in [0.1, 0.15) is 0 Å². The van der Waals surface area contributed by atoms with Gasteiger partial charge in [-0.1, -0.05) is 45.6 Å². The Hall–Kier alpha value is -0.890. The van der Waals surface area contributed by atoms with Crippen molar-refractivity contribution in [1.29, 1.82) is 0 Å². The lowest BCUT2D eigenvalue weighted by molar-refractivity contribution is 0.387. The number of unbranched alkanes of at least 4 members (excludes halogenated alkanes) is 1. The first-order valence-corrected chi connectivity index (χ1v) is 7.28. The first-order chi connectivity index (χ1) is 8.58. The third-order valence-corrected chi connectivity index (χ3v) is 3.80. The van der Waals surface area contributed by atoms with Crippen LogP contribution in [0.5, 0.6) is 0 Å². The Morgan fingerprint density at radius 2 is 1.94 bits per heavy atom. The first kappa shape index (κ1) is 15.2. The van der Waals surface area contributed by atoms with Crippen LogP contribution in [-0.4, -0.2) is 4.98 Å². The molecule has 0 saturated heterocycles. The summed E-state index contributed by atoms with van der Waals surface area (Å²) in [5.41, 5.74) is 9.73. The maximum atomic E-state index is 6.35. The minimum atomic E-state index is 0.139. The van der Waals surface area contributed by atoms with E-state index in [1.165, 1.54) is 31.2 Å². The molecule has 102 valence electrons. The minimum absolute atomic E-state index is 0.139. The molecular formula is C16H28N2. The predicted octanol–water partition coefficient (Wildman–Crippen LogP) is 4.30. The lowest BCUT2D eigenvalue weighted by Gasteiger charge is -2.21. The van der Waals surface area contributed by atoms with Crippen LogP contribution in [0.1, 0.15) is 68.9 Å². The largest absolute Gasteiger partial charge is 0.324 e. The zero-order valence-electron chi connectivity index (χ0n) is 12.4. The van der Waals surface area contributed by atoms with Gasteiger partial charge in [-0.25, -0.2) is 0 Å². The summed E-state index contributed by atoms with van der Waals surface area (Å²) in [5.74, 6) is 0.751. The molecule has 0 saturated carbocycles. The Labute approximate surface area is 112 Å². The summed E-state index contributed by atoms with van der Waals surface area (Å²) in [4.78, 5) is 4.51. The molecule has 1 aromatic rings. The van der Waals surface area contributed by atoms with Gasteiger partial charge in [0.15, 0.2) is 0 Å². The van der Waals surface area contributed by atoms with E-state index in [1.807, 2.05) is 6.92 Å². The Bertz CT molecular complexity index is 360. The second kappa shape index (κ2) is 7.52. The van der Waals surface area contributed by atoms with E-state index in [0.717, 1.165) is 23.7 Å². The second-order valence-electron chi connectivity index (χ2n) is 5.39. The van der Waals surface area contributed by atoms with Crippen molar-refractivity contribution in [1.82, 2.24) is 4.98 Å². The van der Waals surface area contributed by atoms with Gasteiger partial charge >= 0.3 is 0 Å². The van der Waals surface area contributed by atoms with Gasteiger partial charge in [-0.2, -0.15) is 0 Å². The highest BCUT2D eigenvalue weighted by Gasteiger charge is 2.15. The van der Waals surface area contributed by atoms with Gasteiger partial charge < -0.3 is 5.73 Å². The van der Waals surface area contributed by atoms with Gasteiger partial charge in [-0.15, -0.1) is 0 Å². The maximum Gasteiger partial charge on any atom is 0.0423 e. The number of hydrogen-bond acceptors (Lipinski definition) is 2. The fourth-order valence-corrected chi connectivity index (χ4v) is 2.56. The van der Waals surface area contributed by atoms with Crippen molar-refractivity contribution < 1.29 is 0 Å². The van der Waals surface area contributed by atoms with Crippen molar-refractivity contribution in [2.24, 2.45) is 11.7 Å². The summed E-state index contributed by atoms with van der Waals surface area (Å²) in [5, 5.41) is 0. The number of pyridine rings is 1. The molecule has 18 heavy (non-hydrogen) atoms. The number of aryl methyl sites for hydroxylation is 2. The van der Waals surface area contributed by atoms with Gasteiger partial charge in [0, 0.05) is 17.4 Å². The van der Waals surface area contributed by atoms with Crippen molar-refractivity contribution in [3.63, 3.8) is 0 Å². The van der Waals surface area contributed by atoms with Gasteiger partial charge in [0.05, 0.1) is 0 Å². The van der Waals surface area contributed by atoms with Gasteiger partial charge in [-0.3, -0.25) is 4.98 Å². The van der Waals surface area contributed by atoms with Crippen LogP contribution in [0.4, 0.5) is 0 Å². The fourth-order valence-electron chi connectivity index (χ4n) is 2.56. The molecule has 1 aromatic heterocycles. The third kappa shape index (κ3) is 4.41. The molecule has 2 atom stereocenters. The van der Waals surface area contributed by atoms with Crippen molar-refractivity contribution in [3.05, 3.63) is 29.1 Å². The van der Waals surface area contributed by atoms with Crippen molar-refractivity contribution >= 4 is 0 Å². The smallest absolute Gasteiger partial charge is 0.0423 e. The van der Waals surface area contributed by atoms with Crippen LogP contribution in [0.25, 0.3) is 0 Å². The monoisotopic (exact) mass is 248 g/mol. The molecule has 0 aliphatic carbocycles. The Morgan fingerprint density at radius 1 is 1.22 bits per heavy atom. The third-order valence-electron chi connectivity index (χ3n) is 3.80. The Balaban J connectivity index is 2.65. The molecule has 0 spiro atoms. The summed E-state index contributed by atoms with van der Waals surface area (Å²) in [6.45, 7) is 8.61. The molecule has 0 radical (unpaired) electrons. The highest BCUT2D eigenvalue weighted by atomic mass is 14.7. The minimum Gasteiger partial charge on any atom is -0.324 e. The zero-order valence-corrected chi connectivity index (χ0v) is 12.4. The molecule has 2 unspecified atom stereocenters. The lowest BCUT2D eigenvalue weighted by atomic mass is 9.89. The molecule has 0 fully saturated rings. The highest BCUT2D eigenvalue weighted by Crippen LogP contribution is 2.26. The predicted molar refractivity (Wildman–Crippen MR) is 78.6 cm³/mol. The van der Waals surface area contributed by atoms with E-state index in [9.17, 15) is 0 Å². The van der Waals surface area contributed by atoms with Crippen LogP contribution < -0.4 is 5.73 Å². The highest BCUT2D eigenvalue weighted by molar-refractivity contribution is 5.24. The van der Waals surface area contributed by atoms with E-state index >= 15 is 0 Å². The van der Waals surface area contributed by atoms with E-state index < -0.39 is 0 Å². The molecule has 1 heterocycles. The van der Waals surface area contributed by atoms with Crippen LogP contribution in [0.3, 0.4) is 0 Å². The molecule has 1 rings (SSSR count). The van der Waals surface area contributed by atoms with Gasteiger partial charge in [0.25, 0.3) is 0 Å². The van der Waals surface area contributed by atoms with E-state index in [1.54, 1.807) is 0 Å². The summed E-state index contributed by atoms with van der Waals surface area (Å²) < 4.78 is 0. The Kier molecular flexibility index (Phi) is 6.34. The molecule has 0 bridgehead atoms. The molecule has 2 nitrogen and oxygen atoms in total. The maximum absolute atomic E-state index is 6.35. The summed E-state index contributed by atoms with van der Waals surface area (Å²) >= 11 is 0. The molecule has 0 aromatic carbocycles. The van der Waals surface area contributed by atoms with Crippen LogP contribution in [-0.2, 0) is 0 Å². The normalized spacial score (nSPS) is 14.5. The van der Waals surface area contributed by atoms with Crippen LogP contribution in [0, 0.1) is 19.8 Å². The second-order valence-corrected chi connectivity index (χ2v) is 5.39. The topological polar surface area (TPSA) is 38.9 Å². The molecule has 0 aliphatic heterocycles. The molecule has 2 heteroatoms. The zero-order chi connectivity index (χ0) is 13.5. The molecule has 2 N–H and O–H groups in total. The van der Waals surface area contributed by atoms with Crippen molar-refractivity contribution in [3.8, 4) is 0 Å². The summed E-state index contributed by atoms with van der Waals surface area (Å²) in [6, 6.07) is 4.35. The number of aromatic nitrogens is 1. The van der Waals surface area contributed by atoms with Crippen molar-refractivity contribution in [2.45, 2.75) is 65.8 Å². The Morgan fingerprint density at radius 3 is 2.50 bits per heavy atom. The number of nitrogens with two attached hydrogens (primary N) is 1. The average molecular weight is 248 g/mol. The van der Waals surface area contributed by atoms with E-state index in [-0.39, 0.29) is 6.04 Å². The number of rotatable bonds is 7. The summed E-state index contributed by atoms with van der Waals surface area (Å²) in [7, 11) is 0. The average Bonchev–Trinajstić information content (AvgIpc) is 2.34. The van der Waals surface area contributed by atoms with E-state index in [0.29, 0.717) is 0 Å². The summed E-state index contributed by atoms with van der Waals surface area (Å²) in [6.07, 6.45) is 6.21. The number of nitrogens with zero attached hydrogens (tertiary/aromatic N) is 1. The van der Waals surface area contributed by atoms with Gasteiger partial charge in [0.2, 0.25) is 0 Å². The van der Waals surface area contributed by atoms with E-state index in [2.05, 4.69) is 37.9 Å². The van der Waals surface area contributed by atoms with Crippen LogP contribution in [0.15, 0.2) is 12.1 Å². The van der Waals surface area contributed by atoms with Gasteiger partial charge in [-0.05, 0) is 37.8 Å². The number of hydrogen-bond donors (Lipinski definition) is 1. The molecule has 0 amide bonds. The van der Waals surface area contributed by atoms with E-state index in [4.69, 9.17) is 5.73 Å². The SMILES string of the molecule is CCCCC(CC)CC(N)c1ccc(C)nc1C. The van der Waals surface area contributed by atoms with Crippen LogP contribution in [0.2, 0.25) is 0 Å².